The van der Waals surface area contributed by atoms with E-state index in [1.54, 1.807) is 19.9 Å². The third-order valence-electron chi connectivity index (χ3n) is 7.89. The second kappa shape index (κ2) is 9.14. The molecule has 0 aromatic heterocycles. The SMILES string of the molecule is C=CCN(C(=O)[C@@H]1N([C@H](C)CO)C(=O)[C@H]2[C@H](C(=O)OCC)[C@@H]3CC[C@]12O3)C1CCCCC1. The Balaban J connectivity index is 1.73. The van der Waals surface area contributed by atoms with Gasteiger partial charge in [-0.3, -0.25) is 14.4 Å². The van der Waals surface area contributed by atoms with E-state index in [0.29, 0.717) is 19.4 Å². The maximum atomic E-state index is 14.1. The third-order valence-corrected chi connectivity index (χ3v) is 7.89. The first-order valence-corrected chi connectivity index (χ1v) is 12.1. The summed E-state index contributed by atoms with van der Waals surface area (Å²) in [4.78, 5) is 44.0. The van der Waals surface area contributed by atoms with Crippen LogP contribution in [0.15, 0.2) is 12.7 Å². The Bertz CT molecular complexity index is 766. The molecule has 1 N–H and O–H groups in total. The number of aliphatic hydroxyl groups is 1. The number of carbonyl (C=O) groups excluding carboxylic acids is 3. The summed E-state index contributed by atoms with van der Waals surface area (Å²) in [5.41, 5.74) is -1.05. The molecule has 6 atom stereocenters. The molecule has 2 bridgehead atoms. The molecule has 178 valence electrons. The summed E-state index contributed by atoms with van der Waals surface area (Å²) in [6.45, 7) is 7.69. The van der Waals surface area contributed by atoms with Gasteiger partial charge in [-0.2, -0.15) is 0 Å². The Morgan fingerprint density at radius 2 is 2.06 bits per heavy atom. The molecule has 4 aliphatic rings. The van der Waals surface area contributed by atoms with Crippen LogP contribution in [0.1, 0.15) is 58.8 Å². The van der Waals surface area contributed by atoms with Crippen molar-refractivity contribution < 1.29 is 29.0 Å². The number of ether oxygens (including phenoxy) is 2. The molecule has 4 rings (SSSR count). The highest BCUT2D eigenvalue weighted by Gasteiger charge is 2.75. The van der Waals surface area contributed by atoms with E-state index in [4.69, 9.17) is 9.47 Å². The summed E-state index contributed by atoms with van der Waals surface area (Å²) in [5.74, 6) is -2.33. The van der Waals surface area contributed by atoms with Crippen LogP contribution in [0.5, 0.6) is 0 Å². The Morgan fingerprint density at radius 3 is 2.69 bits per heavy atom. The Labute approximate surface area is 189 Å². The fourth-order valence-corrected chi connectivity index (χ4v) is 6.55. The maximum Gasteiger partial charge on any atom is 0.312 e. The number of carbonyl (C=O) groups is 3. The standard InChI is InChI=1S/C24H36N2O6/c1-4-13-25(16-9-7-6-8-10-16)22(29)20-24-12-11-17(32-24)18(23(30)31-5-2)19(24)21(28)26(20)15(3)14-27/h4,15-20,27H,1,5-14H2,2-3H3/t15-,17+,18-,19-,20+,24-/m1/s1. The van der Waals surface area contributed by atoms with Gasteiger partial charge in [0.25, 0.3) is 0 Å². The van der Waals surface area contributed by atoms with E-state index in [1.807, 2.05) is 4.90 Å². The fourth-order valence-electron chi connectivity index (χ4n) is 6.55. The van der Waals surface area contributed by atoms with E-state index in [1.165, 1.54) is 11.3 Å². The first-order chi connectivity index (χ1) is 15.4. The van der Waals surface area contributed by atoms with E-state index in [0.717, 1.165) is 25.7 Å². The zero-order valence-electron chi connectivity index (χ0n) is 19.2. The molecule has 3 aliphatic heterocycles. The lowest BCUT2D eigenvalue weighted by Gasteiger charge is -2.41. The molecule has 32 heavy (non-hydrogen) atoms. The van der Waals surface area contributed by atoms with Crippen molar-refractivity contribution in [1.82, 2.24) is 9.80 Å². The van der Waals surface area contributed by atoms with Crippen molar-refractivity contribution in [2.45, 2.75) is 88.6 Å². The van der Waals surface area contributed by atoms with Gasteiger partial charge < -0.3 is 24.4 Å². The highest BCUT2D eigenvalue weighted by molar-refractivity contribution is 5.98. The fraction of sp³-hybridized carbons (Fsp3) is 0.792. The Hall–Kier alpha value is -1.93. The van der Waals surface area contributed by atoms with Gasteiger partial charge in [0.05, 0.1) is 37.2 Å². The number of fused-ring (bicyclic) bond motifs is 1. The van der Waals surface area contributed by atoms with Crippen molar-refractivity contribution in [2.24, 2.45) is 11.8 Å². The number of hydrogen-bond acceptors (Lipinski definition) is 6. The molecule has 3 heterocycles. The van der Waals surface area contributed by atoms with Crippen molar-refractivity contribution in [3.8, 4) is 0 Å². The highest BCUT2D eigenvalue weighted by atomic mass is 16.6. The summed E-state index contributed by atoms with van der Waals surface area (Å²) < 4.78 is 11.7. The van der Waals surface area contributed by atoms with Gasteiger partial charge in [0.2, 0.25) is 11.8 Å². The number of aliphatic hydroxyl groups excluding tert-OH is 1. The monoisotopic (exact) mass is 448 g/mol. The Morgan fingerprint density at radius 1 is 1.34 bits per heavy atom. The number of esters is 1. The summed E-state index contributed by atoms with van der Waals surface area (Å²) in [7, 11) is 0. The molecule has 8 heteroatoms. The van der Waals surface area contributed by atoms with Gasteiger partial charge in [-0.05, 0) is 39.5 Å². The molecule has 1 saturated carbocycles. The van der Waals surface area contributed by atoms with Crippen LogP contribution in [0.25, 0.3) is 0 Å². The minimum atomic E-state index is -1.05. The largest absolute Gasteiger partial charge is 0.466 e. The van der Waals surface area contributed by atoms with Gasteiger partial charge >= 0.3 is 5.97 Å². The zero-order valence-corrected chi connectivity index (χ0v) is 19.2. The van der Waals surface area contributed by atoms with E-state index >= 15 is 0 Å². The van der Waals surface area contributed by atoms with Crippen LogP contribution in [0.2, 0.25) is 0 Å². The predicted octanol–water partition coefficient (Wildman–Crippen LogP) is 1.65. The minimum absolute atomic E-state index is 0.102. The Kier molecular flexibility index (Phi) is 6.63. The van der Waals surface area contributed by atoms with Gasteiger partial charge in [0.15, 0.2) is 0 Å². The first-order valence-electron chi connectivity index (χ1n) is 12.1. The minimum Gasteiger partial charge on any atom is -0.466 e. The number of amides is 2. The van der Waals surface area contributed by atoms with Gasteiger partial charge in [-0.25, -0.2) is 0 Å². The quantitative estimate of drug-likeness (QED) is 0.448. The van der Waals surface area contributed by atoms with Gasteiger partial charge in [-0.15, -0.1) is 6.58 Å². The zero-order chi connectivity index (χ0) is 23.0. The van der Waals surface area contributed by atoms with Crippen molar-refractivity contribution in [3.05, 3.63) is 12.7 Å². The third kappa shape index (κ3) is 3.46. The number of rotatable bonds is 8. The van der Waals surface area contributed by atoms with Crippen molar-refractivity contribution in [2.75, 3.05) is 19.8 Å². The summed E-state index contributed by atoms with van der Waals surface area (Å²) >= 11 is 0. The maximum absolute atomic E-state index is 14.1. The normalized spacial score (nSPS) is 35.0. The lowest BCUT2D eigenvalue weighted by atomic mass is 9.70. The highest BCUT2D eigenvalue weighted by Crippen LogP contribution is 2.59. The van der Waals surface area contributed by atoms with Crippen LogP contribution < -0.4 is 0 Å². The van der Waals surface area contributed by atoms with Crippen LogP contribution in [-0.4, -0.2) is 82.3 Å². The molecule has 4 fully saturated rings. The van der Waals surface area contributed by atoms with Crippen LogP contribution in [0.4, 0.5) is 0 Å². The lowest BCUT2D eigenvalue weighted by molar-refractivity contribution is -0.156. The summed E-state index contributed by atoms with van der Waals surface area (Å²) in [5, 5.41) is 9.93. The second-order valence-corrected chi connectivity index (χ2v) is 9.66. The molecule has 2 amide bonds. The molecule has 0 unspecified atom stereocenters. The van der Waals surface area contributed by atoms with E-state index in [9.17, 15) is 19.5 Å². The topological polar surface area (TPSA) is 96.4 Å². The van der Waals surface area contributed by atoms with Crippen LogP contribution in [0.3, 0.4) is 0 Å². The van der Waals surface area contributed by atoms with E-state index in [-0.39, 0.29) is 31.1 Å². The molecular formula is C24H36N2O6. The molecule has 0 aromatic rings. The molecular weight excluding hydrogens is 412 g/mol. The van der Waals surface area contributed by atoms with Gasteiger partial charge in [-0.1, -0.05) is 25.3 Å². The molecule has 8 nitrogen and oxygen atoms in total. The first kappa shape index (κ1) is 23.2. The molecule has 3 saturated heterocycles. The van der Waals surface area contributed by atoms with Crippen molar-refractivity contribution in [1.29, 1.82) is 0 Å². The van der Waals surface area contributed by atoms with Crippen LogP contribution in [0, 0.1) is 11.8 Å². The van der Waals surface area contributed by atoms with Crippen molar-refractivity contribution in [3.63, 3.8) is 0 Å². The van der Waals surface area contributed by atoms with Crippen molar-refractivity contribution >= 4 is 17.8 Å². The van der Waals surface area contributed by atoms with Crippen LogP contribution in [-0.2, 0) is 23.9 Å². The molecule has 0 aromatic carbocycles. The number of hydrogen-bond donors (Lipinski definition) is 1. The number of nitrogens with zero attached hydrogens (tertiary/aromatic N) is 2. The smallest absolute Gasteiger partial charge is 0.312 e. The predicted molar refractivity (Wildman–Crippen MR) is 116 cm³/mol. The van der Waals surface area contributed by atoms with Gasteiger partial charge in [0.1, 0.15) is 11.6 Å². The average molecular weight is 449 g/mol. The molecule has 0 radical (unpaired) electrons. The average Bonchev–Trinajstić information content (AvgIpc) is 3.44. The van der Waals surface area contributed by atoms with Gasteiger partial charge in [0, 0.05) is 12.6 Å². The molecule has 1 aliphatic carbocycles. The second-order valence-electron chi connectivity index (χ2n) is 9.66. The molecule has 1 spiro atoms. The van der Waals surface area contributed by atoms with E-state index < -0.39 is 41.6 Å². The van der Waals surface area contributed by atoms with Crippen LogP contribution >= 0.6 is 0 Å². The lowest BCUT2D eigenvalue weighted by Crippen LogP contribution is -2.60. The number of likely N-dealkylation sites (tertiary alicyclic amines) is 1. The summed E-state index contributed by atoms with van der Waals surface area (Å²) in [6.07, 6.45) is 7.65. The summed E-state index contributed by atoms with van der Waals surface area (Å²) in [6, 6.07) is -1.31. The van der Waals surface area contributed by atoms with E-state index in [2.05, 4.69) is 6.58 Å².